The average Bonchev–Trinajstić information content (AvgIpc) is 2.60. The lowest BCUT2D eigenvalue weighted by Crippen LogP contribution is -2.36. The summed E-state index contributed by atoms with van der Waals surface area (Å²) in [5.41, 5.74) is 0.832. The number of alkyl halides is 3. The summed E-state index contributed by atoms with van der Waals surface area (Å²) < 4.78 is 39.8. The van der Waals surface area contributed by atoms with Crippen LogP contribution in [0.1, 0.15) is 27.0 Å². The molecule has 2 rings (SSSR count). The second-order valence-corrected chi connectivity index (χ2v) is 5.53. The first-order chi connectivity index (χ1) is 12.3. The third kappa shape index (κ3) is 4.70. The zero-order valence-electron chi connectivity index (χ0n) is 14.2. The fourth-order valence-corrected chi connectivity index (χ4v) is 2.30. The van der Waals surface area contributed by atoms with Crippen molar-refractivity contribution in [2.45, 2.75) is 19.9 Å². The van der Waals surface area contributed by atoms with Gasteiger partial charge in [-0.15, -0.1) is 6.42 Å². The molecule has 0 aromatic heterocycles. The van der Waals surface area contributed by atoms with Crippen LogP contribution in [0.15, 0.2) is 36.4 Å². The highest BCUT2D eigenvalue weighted by atomic mass is 19.4. The Morgan fingerprint density at radius 2 is 1.92 bits per heavy atom. The molecule has 2 aromatic rings. The van der Waals surface area contributed by atoms with Crippen molar-refractivity contribution < 1.29 is 18.0 Å². The summed E-state index contributed by atoms with van der Waals surface area (Å²) in [6.07, 6.45) is 0.825. The SMILES string of the molecule is C#Cc1cc(C(=O)Nc2ccc([B]N[B]C)c(C(F)(F)F)c2)ccc1C. The van der Waals surface area contributed by atoms with E-state index in [-0.39, 0.29) is 16.7 Å². The van der Waals surface area contributed by atoms with Crippen molar-refractivity contribution in [1.29, 1.82) is 0 Å². The molecule has 0 atom stereocenters. The average molecular weight is 354 g/mol. The molecular formula is C18H15B2F3N2O. The Kier molecular flexibility index (Phi) is 6.17. The number of carbonyl (C=O) groups is 1. The zero-order valence-corrected chi connectivity index (χ0v) is 14.2. The van der Waals surface area contributed by atoms with Gasteiger partial charge in [0.15, 0.2) is 7.41 Å². The van der Waals surface area contributed by atoms with Crippen LogP contribution in [0.2, 0.25) is 6.82 Å². The summed E-state index contributed by atoms with van der Waals surface area (Å²) in [5.74, 6) is 1.93. The van der Waals surface area contributed by atoms with Gasteiger partial charge in [0.2, 0.25) is 7.41 Å². The van der Waals surface area contributed by atoms with Gasteiger partial charge < -0.3 is 10.5 Å². The van der Waals surface area contributed by atoms with Crippen molar-refractivity contribution in [3.8, 4) is 12.3 Å². The van der Waals surface area contributed by atoms with Gasteiger partial charge in [0.1, 0.15) is 0 Å². The fourth-order valence-electron chi connectivity index (χ4n) is 2.30. The van der Waals surface area contributed by atoms with E-state index < -0.39 is 17.6 Å². The van der Waals surface area contributed by atoms with E-state index in [0.717, 1.165) is 11.6 Å². The third-order valence-electron chi connectivity index (χ3n) is 3.68. The van der Waals surface area contributed by atoms with Gasteiger partial charge >= 0.3 is 6.18 Å². The van der Waals surface area contributed by atoms with Gasteiger partial charge in [-0.2, -0.15) is 13.2 Å². The Labute approximate surface area is 151 Å². The van der Waals surface area contributed by atoms with Crippen molar-refractivity contribution in [2.24, 2.45) is 0 Å². The molecule has 26 heavy (non-hydrogen) atoms. The lowest BCUT2D eigenvalue weighted by molar-refractivity contribution is -0.136. The second-order valence-electron chi connectivity index (χ2n) is 5.53. The van der Waals surface area contributed by atoms with E-state index in [4.69, 9.17) is 6.42 Å². The predicted octanol–water partition coefficient (Wildman–Crippen LogP) is 2.75. The van der Waals surface area contributed by atoms with E-state index in [2.05, 4.69) is 16.4 Å². The normalized spacial score (nSPS) is 10.8. The number of hydrogen-bond acceptors (Lipinski definition) is 2. The minimum absolute atomic E-state index is 0.0291. The predicted molar refractivity (Wildman–Crippen MR) is 98.7 cm³/mol. The van der Waals surface area contributed by atoms with Crippen molar-refractivity contribution in [3.05, 3.63) is 58.7 Å². The maximum atomic E-state index is 13.3. The van der Waals surface area contributed by atoms with Gasteiger partial charge in [-0.05, 0) is 36.8 Å². The van der Waals surface area contributed by atoms with Crippen LogP contribution >= 0.6 is 0 Å². The van der Waals surface area contributed by atoms with Gasteiger partial charge in [-0.25, -0.2) is 0 Å². The summed E-state index contributed by atoms with van der Waals surface area (Å²) in [6, 6.07) is 8.38. The summed E-state index contributed by atoms with van der Waals surface area (Å²) in [5, 5.41) is 5.10. The number of terminal acetylenes is 1. The van der Waals surface area contributed by atoms with E-state index >= 15 is 0 Å². The molecule has 0 unspecified atom stereocenters. The van der Waals surface area contributed by atoms with Crippen LogP contribution in [0.5, 0.6) is 0 Å². The monoisotopic (exact) mass is 354 g/mol. The van der Waals surface area contributed by atoms with Gasteiger partial charge in [-0.3, -0.25) is 4.79 Å². The molecule has 0 aliphatic rings. The topological polar surface area (TPSA) is 41.1 Å². The number of hydrogen-bond donors (Lipinski definition) is 2. The Hall–Kier alpha value is -2.65. The van der Waals surface area contributed by atoms with Crippen LogP contribution in [0.25, 0.3) is 0 Å². The van der Waals surface area contributed by atoms with Crippen molar-refractivity contribution >= 4 is 31.9 Å². The molecule has 130 valence electrons. The quantitative estimate of drug-likeness (QED) is 0.641. The number of nitrogens with one attached hydrogen (secondary N) is 2. The highest BCUT2D eigenvalue weighted by Crippen LogP contribution is 2.29. The van der Waals surface area contributed by atoms with E-state index in [9.17, 15) is 18.0 Å². The van der Waals surface area contributed by atoms with Gasteiger partial charge in [0.25, 0.3) is 5.91 Å². The first-order valence-corrected chi connectivity index (χ1v) is 7.73. The molecule has 0 fully saturated rings. The van der Waals surface area contributed by atoms with Crippen LogP contribution in [-0.4, -0.2) is 20.7 Å². The van der Waals surface area contributed by atoms with Crippen LogP contribution in [0, 0.1) is 19.3 Å². The first-order valence-electron chi connectivity index (χ1n) is 7.73. The van der Waals surface area contributed by atoms with E-state index in [1.807, 2.05) is 6.92 Å². The summed E-state index contributed by atoms with van der Waals surface area (Å²) in [6.45, 7) is 3.47. The zero-order chi connectivity index (χ0) is 19.3. The summed E-state index contributed by atoms with van der Waals surface area (Å²) in [7, 11) is 2.75. The summed E-state index contributed by atoms with van der Waals surface area (Å²) in [4.78, 5) is 12.3. The smallest absolute Gasteiger partial charge is 0.403 e. The molecule has 0 saturated heterocycles. The molecule has 2 radical (unpaired) electrons. The summed E-state index contributed by atoms with van der Waals surface area (Å²) >= 11 is 0. The number of aryl methyl sites for hydroxylation is 1. The molecule has 0 aliphatic heterocycles. The van der Waals surface area contributed by atoms with E-state index in [0.29, 0.717) is 5.56 Å². The number of rotatable bonds is 5. The largest absolute Gasteiger partial charge is 0.416 e. The van der Waals surface area contributed by atoms with Crippen LogP contribution in [-0.2, 0) is 6.18 Å². The minimum Gasteiger partial charge on any atom is -0.403 e. The molecule has 3 nitrogen and oxygen atoms in total. The molecule has 8 heteroatoms. The maximum Gasteiger partial charge on any atom is 0.416 e. The number of anilines is 1. The van der Waals surface area contributed by atoms with Crippen molar-refractivity contribution in [1.82, 2.24) is 5.14 Å². The number of halogens is 3. The Bertz CT molecular complexity index is 860. The maximum absolute atomic E-state index is 13.3. The highest BCUT2D eigenvalue weighted by Gasteiger charge is 2.33. The van der Waals surface area contributed by atoms with Crippen LogP contribution < -0.4 is 15.9 Å². The number of amides is 1. The molecule has 0 saturated carbocycles. The van der Waals surface area contributed by atoms with Crippen LogP contribution in [0.4, 0.5) is 18.9 Å². The third-order valence-corrected chi connectivity index (χ3v) is 3.68. The lowest BCUT2D eigenvalue weighted by Gasteiger charge is -2.15. The van der Waals surface area contributed by atoms with Gasteiger partial charge in [0, 0.05) is 16.8 Å². The number of benzene rings is 2. The molecule has 1 amide bonds. The van der Waals surface area contributed by atoms with Gasteiger partial charge in [-0.1, -0.05) is 30.3 Å². The Balaban J connectivity index is 2.29. The molecule has 2 aromatic carbocycles. The molecule has 0 bridgehead atoms. The van der Waals surface area contributed by atoms with Crippen molar-refractivity contribution in [3.63, 3.8) is 0 Å². The van der Waals surface area contributed by atoms with E-state index in [1.54, 1.807) is 19.0 Å². The first kappa shape index (κ1) is 19.7. The van der Waals surface area contributed by atoms with E-state index in [1.165, 1.54) is 33.0 Å². The molecule has 0 heterocycles. The highest BCUT2D eigenvalue weighted by molar-refractivity contribution is 6.60. The fraction of sp³-hybridized carbons (Fsp3) is 0.167. The Morgan fingerprint density at radius 1 is 1.19 bits per heavy atom. The van der Waals surface area contributed by atoms with Crippen molar-refractivity contribution in [2.75, 3.05) is 5.32 Å². The van der Waals surface area contributed by atoms with Crippen LogP contribution in [0.3, 0.4) is 0 Å². The molecule has 0 spiro atoms. The molecule has 0 aliphatic carbocycles. The minimum atomic E-state index is -4.55. The molecule has 2 N–H and O–H groups in total. The number of carbonyl (C=O) groups excluding carboxylic acids is 1. The Morgan fingerprint density at radius 3 is 2.54 bits per heavy atom. The van der Waals surface area contributed by atoms with Gasteiger partial charge in [0.05, 0.1) is 5.56 Å². The molecular weight excluding hydrogens is 339 g/mol. The standard InChI is InChI=1S/C18H15B2F3N2O/c1-4-12-9-13(6-5-11(12)2)17(26)24-14-7-8-16(20-25-19-3)15(10-14)18(21,22)23/h1,5-10,25H,2-3H3,(H,24,26). The lowest BCUT2D eigenvalue weighted by atomic mass is 9.74. The second kappa shape index (κ2) is 8.15.